The Morgan fingerprint density at radius 2 is 2.00 bits per heavy atom. The fourth-order valence-corrected chi connectivity index (χ4v) is 3.77. The molecule has 0 aliphatic rings. The van der Waals surface area contributed by atoms with Gasteiger partial charge in [-0.2, -0.15) is 0 Å². The SMILES string of the molecule is Cc1ccc(NC(=O)CSc2nc3ccccc3c(=O)n2CC(C)C)cc1Cl. The van der Waals surface area contributed by atoms with Crippen molar-refractivity contribution in [3.63, 3.8) is 0 Å². The molecular weight excluding hydrogens is 394 g/mol. The van der Waals surface area contributed by atoms with Crippen LogP contribution in [0, 0.1) is 12.8 Å². The highest BCUT2D eigenvalue weighted by Crippen LogP contribution is 2.22. The third-order valence-electron chi connectivity index (χ3n) is 4.16. The minimum Gasteiger partial charge on any atom is -0.325 e. The van der Waals surface area contributed by atoms with Gasteiger partial charge in [-0.05, 0) is 42.7 Å². The van der Waals surface area contributed by atoms with Crippen molar-refractivity contribution in [1.29, 1.82) is 0 Å². The fourth-order valence-electron chi connectivity index (χ4n) is 2.78. The van der Waals surface area contributed by atoms with Crippen molar-refractivity contribution in [1.82, 2.24) is 9.55 Å². The average Bonchev–Trinajstić information content (AvgIpc) is 2.65. The van der Waals surface area contributed by atoms with Gasteiger partial charge in [0.15, 0.2) is 5.16 Å². The molecule has 0 atom stereocenters. The molecular formula is C21H22ClN3O2S. The van der Waals surface area contributed by atoms with E-state index >= 15 is 0 Å². The van der Waals surface area contributed by atoms with Gasteiger partial charge in [0.1, 0.15) is 0 Å². The minimum absolute atomic E-state index is 0.0764. The maximum atomic E-state index is 12.9. The van der Waals surface area contributed by atoms with E-state index in [0.29, 0.717) is 33.3 Å². The molecule has 0 radical (unpaired) electrons. The van der Waals surface area contributed by atoms with Crippen LogP contribution in [0.4, 0.5) is 5.69 Å². The lowest BCUT2D eigenvalue weighted by Crippen LogP contribution is -2.26. The standard InChI is InChI=1S/C21H22ClN3O2S/c1-13(2)11-25-20(27)16-6-4-5-7-18(16)24-21(25)28-12-19(26)23-15-9-8-14(3)17(22)10-15/h4-10,13H,11-12H2,1-3H3,(H,23,26). The van der Waals surface area contributed by atoms with E-state index in [1.807, 2.05) is 51.1 Å². The van der Waals surface area contributed by atoms with Gasteiger partial charge in [0, 0.05) is 17.3 Å². The number of benzene rings is 2. The molecule has 0 bridgehead atoms. The minimum atomic E-state index is -0.177. The van der Waals surface area contributed by atoms with Gasteiger partial charge in [0.2, 0.25) is 5.91 Å². The molecule has 1 amide bonds. The van der Waals surface area contributed by atoms with E-state index in [0.717, 1.165) is 5.56 Å². The molecule has 0 spiro atoms. The second-order valence-corrected chi connectivity index (χ2v) is 8.37. The summed E-state index contributed by atoms with van der Waals surface area (Å²) in [6.45, 7) is 6.55. The summed E-state index contributed by atoms with van der Waals surface area (Å²) in [5, 5.41) is 4.58. The Balaban J connectivity index is 1.81. The quantitative estimate of drug-likeness (QED) is 0.466. The van der Waals surface area contributed by atoms with Gasteiger partial charge in [-0.25, -0.2) is 4.98 Å². The zero-order valence-electron chi connectivity index (χ0n) is 16.0. The first kappa shape index (κ1) is 20.4. The number of nitrogens with one attached hydrogen (secondary N) is 1. The Morgan fingerprint density at radius 1 is 1.25 bits per heavy atom. The van der Waals surface area contributed by atoms with Gasteiger partial charge < -0.3 is 5.32 Å². The maximum Gasteiger partial charge on any atom is 0.262 e. The first-order valence-corrected chi connectivity index (χ1v) is 10.4. The van der Waals surface area contributed by atoms with Gasteiger partial charge in [-0.1, -0.05) is 55.4 Å². The Bertz CT molecular complexity index is 1080. The summed E-state index contributed by atoms with van der Waals surface area (Å²) in [5.74, 6) is 0.251. The Kier molecular flexibility index (Phi) is 6.42. The summed E-state index contributed by atoms with van der Waals surface area (Å²) in [7, 11) is 0. The second kappa shape index (κ2) is 8.80. The van der Waals surface area contributed by atoms with E-state index < -0.39 is 0 Å². The van der Waals surface area contributed by atoms with Crippen molar-refractivity contribution in [3.05, 3.63) is 63.4 Å². The predicted octanol–water partition coefficient (Wildman–Crippen LogP) is 4.75. The van der Waals surface area contributed by atoms with Gasteiger partial charge in [-0.3, -0.25) is 14.2 Å². The van der Waals surface area contributed by atoms with E-state index in [2.05, 4.69) is 10.3 Å². The largest absolute Gasteiger partial charge is 0.325 e. The van der Waals surface area contributed by atoms with Gasteiger partial charge in [0.05, 0.1) is 16.7 Å². The summed E-state index contributed by atoms with van der Waals surface area (Å²) in [5.41, 5.74) is 2.16. The van der Waals surface area contributed by atoms with Crippen molar-refractivity contribution >= 4 is 45.9 Å². The molecule has 28 heavy (non-hydrogen) atoms. The van der Waals surface area contributed by atoms with Crippen LogP contribution in [0.25, 0.3) is 10.9 Å². The molecule has 0 saturated heterocycles. The molecule has 0 saturated carbocycles. The van der Waals surface area contributed by atoms with Crippen LogP contribution in [0.2, 0.25) is 5.02 Å². The van der Waals surface area contributed by atoms with E-state index in [1.165, 1.54) is 11.8 Å². The van der Waals surface area contributed by atoms with Crippen molar-refractivity contribution in [2.75, 3.05) is 11.1 Å². The van der Waals surface area contributed by atoms with Crippen molar-refractivity contribution in [2.45, 2.75) is 32.5 Å². The molecule has 2 aromatic carbocycles. The third-order valence-corrected chi connectivity index (χ3v) is 5.55. The van der Waals surface area contributed by atoms with Crippen LogP contribution < -0.4 is 10.9 Å². The maximum absolute atomic E-state index is 12.9. The van der Waals surface area contributed by atoms with Crippen molar-refractivity contribution in [2.24, 2.45) is 5.92 Å². The van der Waals surface area contributed by atoms with Crippen LogP contribution in [0.1, 0.15) is 19.4 Å². The normalized spacial score (nSPS) is 11.2. The Hall–Kier alpha value is -2.31. The zero-order chi connectivity index (χ0) is 20.3. The number of anilines is 1. The number of carbonyl (C=O) groups is 1. The number of carbonyl (C=O) groups excluding carboxylic acids is 1. The number of rotatable bonds is 6. The first-order valence-electron chi connectivity index (χ1n) is 9.03. The van der Waals surface area contributed by atoms with E-state index in [1.54, 1.807) is 16.7 Å². The number of hydrogen-bond acceptors (Lipinski definition) is 4. The number of thioether (sulfide) groups is 1. The van der Waals surface area contributed by atoms with Gasteiger partial charge in [-0.15, -0.1) is 0 Å². The summed E-state index contributed by atoms with van der Waals surface area (Å²) in [4.78, 5) is 29.9. The highest BCUT2D eigenvalue weighted by atomic mass is 35.5. The number of amides is 1. The van der Waals surface area contributed by atoms with Gasteiger partial charge >= 0.3 is 0 Å². The van der Waals surface area contributed by atoms with Crippen molar-refractivity contribution in [3.8, 4) is 0 Å². The van der Waals surface area contributed by atoms with Crippen LogP contribution in [0.3, 0.4) is 0 Å². The molecule has 7 heteroatoms. The summed E-state index contributed by atoms with van der Waals surface area (Å²) in [6.07, 6.45) is 0. The fraction of sp³-hybridized carbons (Fsp3) is 0.286. The highest BCUT2D eigenvalue weighted by Gasteiger charge is 2.14. The number of halogens is 1. The topological polar surface area (TPSA) is 64.0 Å². The van der Waals surface area contributed by atoms with Crippen molar-refractivity contribution < 1.29 is 4.79 Å². The zero-order valence-corrected chi connectivity index (χ0v) is 17.6. The molecule has 1 heterocycles. The highest BCUT2D eigenvalue weighted by molar-refractivity contribution is 7.99. The molecule has 1 N–H and O–H groups in total. The molecule has 0 fully saturated rings. The van der Waals surface area contributed by atoms with Crippen LogP contribution in [0.5, 0.6) is 0 Å². The molecule has 5 nitrogen and oxygen atoms in total. The number of fused-ring (bicyclic) bond motifs is 1. The molecule has 1 aromatic heterocycles. The molecule has 0 aliphatic heterocycles. The number of nitrogens with zero attached hydrogens (tertiary/aromatic N) is 2. The lowest BCUT2D eigenvalue weighted by molar-refractivity contribution is -0.113. The molecule has 0 aliphatic carbocycles. The monoisotopic (exact) mass is 415 g/mol. The Morgan fingerprint density at radius 3 is 2.71 bits per heavy atom. The molecule has 0 unspecified atom stereocenters. The number of aryl methyl sites for hydroxylation is 1. The lowest BCUT2D eigenvalue weighted by atomic mass is 10.2. The molecule has 146 valence electrons. The van der Waals surface area contributed by atoms with Crippen LogP contribution in [0.15, 0.2) is 52.4 Å². The average molecular weight is 416 g/mol. The number of para-hydroxylation sites is 1. The Labute approximate surface area is 173 Å². The molecule has 3 rings (SSSR count). The number of aromatic nitrogens is 2. The lowest BCUT2D eigenvalue weighted by Gasteiger charge is -2.15. The number of hydrogen-bond donors (Lipinski definition) is 1. The van der Waals surface area contributed by atoms with E-state index in [9.17, 15) is 9.59 Å². The van der Waals surface area contributed by atoms with Crippen LogP contribution >= 0.6 is 23.4 Å². The smallest absolute Gasteiger partial charge is 0.262 e. The summed E-state index contributed by atoms with van der Waals surface area (Å²) < 4.78 is 1.66. The molecule has 3 aromatic rings. The van der Waals surface area contributed by atoms with Crippen LogP contribution in [-0.2, 0) is 11.3 Å². The summed E-state index contributed by atoms with van der Waals surface area (Å²) in [6, 6.07) is 12.7. The third kappa shape index (κ3) is 4.75. The second-order valence-electron chi connectivity index (χ2n) is 7.02. The summed E-state index contributed by atoms with van der Waals surface area (Å²) >= 11 is 7.37. The van der Waals surface area contributed by atoms with Crippen LogP contribution in [-0.4, -0.2) is 21.2 Å². The first-order chi connectivity index (χ1) is 13.3. The van der Waals surface area contributed by atoms with Gasteiger partial charge in [0.25, 0.3) is 5.56 Å². The van der Waals surface area contributed by atoms with E-state index in [-0.39, 0.29) is 23.1 Å². The predicted molar refractivity (Wildman–Crippen MR) is 116 cm³/mol. The van der Waals surface area contributed by atoms with E-state index in [4.69, 9.17) is 11.6 Å².